The van der Waals surface area contributed by atoms with Crippen molar-refractivity contribution in [2.24, 2.45) is 0 Å². The van der Waals surface area contributed by atoms with Gasteiger partial charge < -0.3 is 19.5 Å². The minimum Gasteiger partial charge on any atom is -0.454 e. The van der Waals surface area contributed by atoms with Gasteiger partial charge in [-0.1, -0.05) is 31.2 Å². The first-order chi connectivity index (χ1) is 16.1. The molecule has 2 aliphatic rings. The van der Waals surface area contributed by atoms with Crippen LogP contribution in [0.2, 0.25) is 0 Å². The van der Waals surface area contributed by atoms with Crippen molar-refractivity contribution in [1.29, 1.82) is 0 Å². The van der Waals surface area contributed by atoms with E-state index in [0.717, 1.165) is 57.6 Å². The van der Waals surface area contributed by atoms with E-state index in [2.05, 4.69) is 11.4 Å². The molecule has 1 aliphatic carbocycles. The summed E-state index contributed by atoms with van der Waals surface area (Å²) in [7, 11) is 0. The largest absolute Gasteiger partial charge is 0.454 e. The fourth-order valence-corrected chi connectivity index (χ4v) is 4.24. The van der Waals surface area contributed by atoms with Crippen molar-refractivity contribution in [2.45, 2.75) is 26.2 Å². The van der Waals surface area contributed by atoms with Gasteiger partial charge in [0.25, 0.3) is 5.91 Å². The molecule has 0 saturated heterocycles. The number of fused-ring (bicyclic) bond motifs is 3. The zero-order valence-corrected chi connectivity index (χ0v) is 18.3. The molecule has 2 heterocycles. The van der Waals surface area contributed by atoms with Crippen LogP contribution in [0, 0.1) is 0 Å². The van der Waals surface area contributed by atoms with Crippen LogP contribution in [0.25, 0.3) is 22.6 Å². The van der Waals surface area contributed by atoms with E-state index >= 15 is 0 Å². The van der Waals surface area contributed by atoms with Crippen LogP contribution < -0.4 is 14.8 Å². The number of amides is 1. The SMILES string of the molecule is CCCNC(=O)COC(=O)c1c2c(nc3ccccc13)/C(=C\c1ccc3c(c1)OCO3)CC2. The molecule has 0 bridgehead atoms. The molecule has 0 radical (unpaired) electrons. The Hall–Kier alpha value is -3.87. The van der Waals surface area contributed by atoms with Crippen LogP contribution >= 0.6 is 0 Å². The number of esters is 1. The Bertz CT molecular complexity index is 1280. The van der Waals surface area contributed by atoms with Crippen molar-refractivity contribution in [3.8, 4) is 11.5 Å². The van der Waals surface area contributed by atoms with E-state index < -0.39 is 5.97 Å². The molecule has 1 aromatic heterocycles. The van der Waals surface area contributed by atoms with Crippen LogP contribution in [-0.4, -0.2) is 36.8 Å². The van der Waals surface area contributed by atoms with Crippen LogP contribution in [0.5, 0.6) is 11.5 Å². The van der Waals surface area contributed by atoms with Crippen molar-refractivity contribution in [2.75, 3.05) is 19.9 Å². The number of allylic oxidation sites excluding steroid dienone is 1. The number of carbonyl (C=O) groups is 2. The van der Waals surface area contributed by atoms with Crippen molar-refractivity contribution < 1.29 is 23.8 Å². The second-order valence-electron chi connectivity index (χ2n) is 8.04. The number of pyridine rings is 1. The molecule has 0 fully saturated rings. The Morgan fingerprint density at radius 3 is 2.85 bits per heavy atom. The summed E-state index contributed by atoms with van der Waals surface area (Å²) in [6, 6.07) is 13.3. The van der Waals surface area contributed by atoms with E-state index in [-0.39, 0.29) is 19.3 Å². The lowest BCUT2D eigenvalue weighted by atomic mass is 10.0. The highest BCUT2D eigenvalue weighted by atomic mass is 16.7. The molecule has 5 rings (SSSR count). The van der Waals surface area contributed by atoms with Gasteiger partial charge in [0.05, 0.1) is 16.8 Å². The molecule has 1 aliphatic heterocycles. The maximum absolute atomic E-state index is 13.1. The third kappa shape index (κ3) is 4.14. The minimum atomic E-state index is -0.499. The Balaban J connectivity index is 1.50. The number of hydrogen-bond acceptors (Lipinski definition) is 6. The molecule has 0 atom stereocenters. The highest BCUT2D eigenvalue weighted by molar-refractivity contribution is 6.07. The smallest absolute Gasteiger partial charge is 0.339 e. The monoisotopic (exact) mass is 444 g/mol. The average molecular weight is 444 g/mol. The first-order valence-corrected chi connectivity index (χ1v) is 11.1. The van der Waals surface area contributed by atoms with Gasteiger partial charge >= 0.3 is 5.97 Å². The number of rotatable bonds is 6. The van der Waals surface area contributed by atoms with Gasteiger partial charge in [0.2, 0.25) is 6.79 Å². The maximum atomic E-state index is 13.1. The van der Waals surface area contributed by atoms with E-state index in [1.807, 2.05) is 49.4 Å². The minimum absolute atomic E-state index is 0.230. The molecule has 7 heteroatoms. The summed E-state index contributed by atoms with van der Waals surface area (Å²) in [6.07, 6.45) is 4.32. The van der Waals surface area contributed by atoms with Crippen LogP contribution in [0.1, 0.15) is 46.9 Å². The number of ether oxygens (including phenoxy) is 3. The van der Waals surface area contributed by atoms with E-state index in [4.69, 9.17) is 19.2 Å². The van der Waals surface area contributed by atoms with Crippen LogP contribution in [0.15, 0.2) is 42.5 Å². The summed E-state index contributed by atoms with van der Waals surface area (Å²) in [4.78, 5) is 29.9. The quantitative estimate of drug-likeness (QED) is 0.575. The fourth-order valence-electron chi connectivity index (χ4n) is 4.24. The fraction of sp³-hybridized carbons (Fsp3) is 0.269. The third-order valence-electron chi connectivity index (χ3n) is 5.79. The highest BCUT2D eigenvalue weighted by Crippen LogP contribution is 2.39. The predicted molar refractivity (Wildman–Crippen MR) is 124 cm³/mol. The topological polar surface area (TPSA) is 86.8 Å². The van der Waals surface area contributed by atoms with Crippen LogP contribution in [-0.2, 0) is 16.0 Å². The van der Waals surface area contributed by atoms with Gasteiger partial charge in [0, 0.05) is 11.9 Å². The zero-order chi connectivity index (χ0) is 22.8. The zero-order valence-electron chi connectivity index (χ0n) is 18.3. The molecule has 2 aromatic carbocycles. The number of nitrogens with one attached hydrogen (secondary N) is 1. The van der Waals surface area contributed by atoms with E-state index in [0.29, 0.717) is 18.5 Å². The van der Waals surface area contributed by atoms with Gasteiger partial charge in [0.15, 0.2) is 18.1 Å². The highest BCUT2D eigenvalue weighted by Gasteiger charge is 2.28. The van der Waals surface area contributed by atoms with E-state index in [1.165, 1.54) is 0 Å². The number of carbonyl (C=O) groups excluding carboxylic acids is 2. The van der Waals surface area contributed by atoms with Gasteiger partial charge in [-0.15, -0.1) is 0 Å². The molecule has 7 nitrogen and oxygen atoms in total. The lowest BCUT2D eigenvalue weighted by Crippen LogP contribution is -2.29. The van der Waals surface area contributed by atoms with E-state index in [9.17, 15) is 9.59 Å². The van der Waals surface area contributed by atoms with Gasteiger partial charge in [-0.3, -0.25) is 4.79 Å². The van der Waals surface area contributed by atoms with Crippen molar-refractivity contribution in [1.82, 2.24) is 10.3 Å². The van der Waals surface area contributed by atoms with Gasteiger partial charge in [-0.2, -0.15) is 0 Å². The summed E-state index contributed by atoms with van der Waals surface area (Å²) < 4.78 is 16.3. The molecule has 1 N–H and O–H groups in total. The molecular weight excluding hydrogens is 420 g/mol. The van der Waals surface area contributed by atoms with Crippen molar-refractivity contribution >= 4 is 34.4 Å². The van der Waals surface area contributed by atoms with Crippen LogP contribution in [0.3, 0.4) is 0 Å². The van der Waals surface area contributed by atoms with Crippen molar-refractivity contribution in [3.63, 3.8) is 0 Å². The summed E-state index contributed by atoms with van der Waals surface area (Å²) in [6.45, 7) is 2.45. The number of aromatic nitrogens is 1. The number of hydrogen-bond donors (Lipinski definition) is 1. The van der Waals surface area contributed by atoms with Gasteiger partial charge in [-0.05, 0) is 60.2 Å². The summed E-state index contributed by atoms with van der Waals surface area (Å²) in [5.41, 5.74) is 4.90. The summed E-state index contributed by atoms with van der Waals surface area (Å²) in [5.74, 6) is 0.658. The Kier molecular flexibility index (Phi) is 5.69. The van der Waals surface area contributed by atoms with Crippen LogP contribution in [0.4, 0.5) is 0 Å². The molecule has 168 valence electrons. The summed E-state index contributed by atoms with van der Waals surface area (Å²) >= 11 is 0. The lowest BCUT2D eigenvalue weighted by Gasteiger charge is -2.12. The number of para-hydroxylation sites is 1. The molecule has 1 amide bonds. The first-order valence-electron chi connectivity index (χ1n) is 11.1. The second-order valence-corrected chi connectivity index (χ2v) is 8.04. The molecule has 0 spiro atoms. The standard InChI is InChI=1S/C26H24N2O5/c1-2-11-27-23(29)14-31-26(30)24-18-5-3-4-6-20(18)28-25-17(8-9-19(24)25)12-16-7-10-21-22(13-16)33-15-32-21/h3-7,10,12-13H,2,8-9,11,14-15H2,1H3,(H,27,29)/b17-12-. The molecule has 0 unspecified atom stereocenters. The average Bonchev–Trinajstić information content (AvgIpc) is 3.46. The normalized spacial score (nSPS) is 15.0. The lowest BCUT2D eigenvalue weighted by molar-refractivity contribution is -0.124. The van der Waals surface area contributed by atoms with Gasteiger partial charge in [0.1, 0.15) is 0 Å². The molecule has 3 aromatic rings. The summed E-state index contributed by atoms with van der Waals surface area (Å²) in [5, 5.41) is 3.46. The number of benzene rings is 2. The predicted octanol–water partition coefficient (Wildman–Crippen LogP) is 4.13. The molecular formula is C26H24N2O5. The van der Waals surface area contributed by atoms with Gasteiger partial charge in [-0.25, -0.2) is 9.78 Å². The number of nitrogens with zero attached hydrogens (tertiary/aromatic N) is 1. The Morgan fingerprint density at radius 2 is 1.97 bits per heavy atom. The van der Waals surface area contributed by atoms with E-state index in [1.54, 1.807) is 0 Å². The Morgan fingerprint density at radius 1 is 1.12 bits per heavy atom. The first kappa shape index (κ1) is 21.0. The second kappa shape index (κ2) is 8.94. The third-order valence-corrected chi connectivity index (χ3v) is 5.79. The molecule has 0 saturated carbocycles. The Labute approximate surface area is 191 Å². The molecule has 33 heavy (non-hydrogen) atoms. The maximum Gasteiger partial charge on any atom is 0.339 e. The van der Waals surface area contributed by atoms with Crippen molar-refractivity contribution in [3.05, 3.63) is 64.8 Å².